The van der Waals surface area contributed by atoms with Crippen LogP contribution in [0.5, 0.6) is 0 Å². The van der Waals surface area contributed by atoms with E-state index in [0.29, 0.717) is 42.6 Å². The summed E-state index contributed by atoms with van der Waals surface area (Å²) in [7, 11) is 0. The van der Waals surface area contributed by atoms with Crippen molar-refractivity contribution in [1.82, 2.24) is 15.2 Å². The zero-order valence-corrected chi connectivity index (χ0v) is 13.4. The van der Waals surface area contributed by atoms with Gasteiger partial charge in [0.1, 0.15) is 5.82 Å². The summed E-state index contributed by atoms with van der Waals surface area (Å²) in [4.78, 5) is 16.0. The molecule has 0 bridgehead atoms. The van der Waals surface area contributed by atoms with E-state index in [0.717, 1.165) is 11.4 Å². The van der Waals surface area contributed by atoms with Crippen molar-refractivity contribution in [2.45, 2.75) is 26.7 Å². The van der Waals surface area contributed by atoms with Crippen LogP contribution in [-0.2, 0) is 9.53 Å². The number of carbonyl (C=O) groups is 1. The molecule has 0 saturated heterocycles. The Morgan fingerprint density at radius 1 is 1.45 bits per heavy atom. The smallest absolute Gasteiger partial charge is 0.224 e. The van der Waals surface area contributed by atoms with Crippen LogP contribution >= 0.6 is 11.6 Å². The number of rotatable bonds is 7. The van der Waals surface area contributed by atoms with Gasteiger partial charge in [0.2, 0.25) is 5.91 Å². The van der Waals surface area contributed by atoms with Crippen molar-refractivity contribution in [3.8, 4) is 11.4 Å². The van der Waals surface area contributed by atoms with E-state index in [1.165, 1.54) is 0 Å². The molecule has 0 fully saturated rings. The average Bonchev–Trinajstić information content (AvgIpc) is 2.90. The molecule has 0 aliphatic carbocycles. The standard InChI is InChI=1S/C15H19ClN4O2/c1-3-22-8-4-5-14(21)18-11-6-7-12(13(16)9-11)15-17-10(2)19-20-15/h6-7,9H,3-5,8H2,1-2H3,(H,18,21)(H,17,19,20). The lowest BCUT2D eigenvalue weighted by atomic mass is 10.2. The summed E-state index contributed by atoms with van der Waals surface area (Å²) in [5.41, 5.74) is 1.38. The summed E-state index contributed by atoms with van der Waals surface area (Å²) >= 11 is 6.24. The first kappa shape index (κ1) is 16.5. The molecule has 6 nitrogen and oxygen atoms in total. The Labute approximate surface area is 134 Å². The number of nitrogens with zero attached hydrogens (tertiary/aromatic N) is 2. The third-order valence-corrected chi connectivity index (χ3v) is 3.30. The summed E-state index contributed by atoms with van der Waals surface area (Å²) in [5, 5.41) is 10.2. The third-order valence-electron chi connectivity index (χ3n) is 2.99. The molecule has 2 aromatic rings. The van der Waals surface area contributed by atoms with Gasteiger partial charge in [-0.3, -0.25) is 9.89 Å². The predicted molar refractivity (Wildman–Crippen MR) is 85.9 cm³/mol. The van der Waals surface area contributed by atoms with Crippen molar-refractivity contribution in [2.75, 3.05) is 18.5 Å². The second-order valence-electron chi connectivity index (χ2n) is 4.79. The predicted octanol–water partition coefficient (Wildman–Crippen LogP) is 3.19. The molecule has 0 aliphatic rings. The molecule has 1 heterocycles. The van der Waals surface area contributed by atoms with E-state index < -0.39 is 0 Å². The molecule has 1 aromatic heterocycles. The highest BCUT2D eigenvalue weighted by molar-refractivity contribution is 6.33. The minimum Gasteiger partial charge on any atom is -0.382 e. The molecule has 0 unspecified atom stereocenters. The highest BCUT2D eigenvalue weighted by Gasteiger charge is 2.10. The van der Waals surface area contributed by atoms with E-state index in [1.54, 1.807) is 18.2 Å². The van der Waals surface area contributed by atoms with Crippen molar-refractivity contribution in [3.63, 3.8) is 0 Å². The fourth-order valence-electron chi connectivity index (χ4n) is 1.94. The molecule has 0 radical (unpaired) electrons. The number of benzene rings is 1. The molecular weight excluding hydrogens is 304 g/mol. The zero-order chi connectivity index (χ0) is 15.9. The van der Waals surface area contributed by atoms with Gasteiger partial charge < -0.3 is 10.1 Å². The lowest BCUT2D eigenvalue weighted by Gasteiger charge is -2.07. The number of nitrogens with one attached hydrogen (secondary N) is 2. The number of aryl methyl sites for hydroxylation is 1. The van der Waals surface area contributed by atoms with Gasteiger partial charge in [0.15, 0.2) is 5.82 Å². The van der Waals surface area contributed by atoms with Crippen LogP contribution < -0.4 is 5.32 Å². The minimum atomic E-state index is -0.0581. The van der Waals surface area contributed by atoms with Crippen LogP contribution in [0, 0.1) is 6.92 Å². The first-order valence-electron chi connectivity index (χ1n) is 7.16. The monoisotopic (exact) mass is 322 g/mol. The largest absolute Gasteiger partial charge is 0.382 e. The van der Waals surface area contributed by atoms with Gasteiger partial charge in [0.25, 0.3) is 0 Å². The van der Waals surface area contributed by atoms with Crippen LogP contribution in [0.15, 0.2) is 18.2 Å². The Kier molecular flexibility index (Phi) is 5.91. The molecule has 2 N–H and O–H groups in total. The Morgan fingerprint density at radius 2 is 2.27 bits per heavy atom. The fraction of sp³-hybridized carbons (Fsp3) is 0.400. The second kappa shape index (κ2) is 7.91. The van der Waals surface area contributed by atoms with Crippen molar-refractivity contribution in [1.29, 1.82) is 0 Å². The summed E-state index contributed by atoms with van der Waals surface area (Å²) in [6.45, 7) is 5.01. The maximum atomic E-state index is 11.8. The summed E-state index contributed by atoms with van der Waals surface area (Å²) in [5.74, 6) is 1.20. The number of aromatic nitrogens is 3. The first-order chi connectivity index (χ1) is 10.6. The number of H-pyrrole nitrogens is 1. The molecule has 22 heavy (non-hydrogen) atoms. The van der Waals surface area contributed by atoms with Gasteiger partial charge in [-0.15, -0.1) is 0 Å². The number of hydrogen-bond acceptors (Lipinski definition) is 4. The van der Waals surface area contributed by atoms with Crippen LogP contribution in [0.4, 0.5) is 5.69 Å². The molecule has 1 amide bonds. The maximum absolute atomic E-state index is 11.8. The van der Waals surface area contributed by atoms with Crippen molar-refractivity contribution in [2.24, 2.45) is 0 Å². The van der Waals surface area contributed by atoms with Gasteiger partial charge >= 0.3 is 0 Å². The first-order valence-corrected chi connectivity index (χ1v) is 7.54. The van der Waals surface area contributed by atoms with Crippen LogP contribution in [0.25, 0.3) is 11.4 Å². The van der Waals surface area contributed by atoms with E-state index in [-0.39, 0.29) is 5.91 Å². The van der Waals surface area contributed by atoms with Gasteiger partial charge in [0.05, 0.1) is 5.02 Å². The van der Waals surface area contributed by atoms with Crippen LogP contribution in [0.1, 0.15) is 25.6 Å². The summed E-state index contributed by atoms with van der Waals surface area (Å²) in [6, 6.07) is 5.27. The lowest BCUT2D eigenvalue weighted by molar-refractivity contribution is -0.116. The highest BCUT2D eigenvalue weighted by Crippen LogP contribution is 2.28. The van der Waals surface area contributed by atoms with Crippen LogP contribution in [-0.4, -0.2) is 34.3 Å². The van der Waals surface area contributed by atoms with Crippen molar-refractivity contribution < 1.29 is 9.53 Å². The number of hydrogen-bond donors (Lipinski definition) is 2. The van der Waals surface area contributed by atoms with Crippen molar-refractivity contribution >= 4 is 23.2 Å². The van der Waals surface area contributed by atoms with E-state index in [4.69, 9.17) is 16.3 Å². The quantitative estimate of drug-likeness (QED) is 0.767. The number of anilines is 1. The molecular formula is C15H19ClN4O2. The molecule has 1 aromatic carbocycles. The molecule has 118 valence electrons. The summed E-state index contributed by atoms with van der Waals surface area (Å²) < 4.78 is 5.20. The maximum Gasteiger partial charge on any atom is 0.224 e. The Hall–Kier alpha value is -1.92. The number of amides is 1. The highest BCUT2D eigenvalue weighted by atomic mass is 35.5. The normalized spacial score (nSPS) is 10.7. The van der Waals surface area contributed by atoms with Gasteiger partial charge in [-0.05, 0) is 38.5 Å². The number of aromatic amines is 1. The Bertz CT molecular complexity index is 642. The van der Waals surface area contributed by atoms with Gasteiger partial charge in [-0.1, -0.05) is 11.6 Å². The molecule has 0 atom stereocenters. The average molecular weight is 323 g/mol. The van der Waals surface area contributed by atoms with E-state index in [2.05, 4.69) is 20.5 Å². The zero-order valence-electron chi connectivity index (χ0n) is 12.6. The topological polar surface area (TPSA) is 79.9 Å². The van der Waals surface area contributed by atoms with Gasteiger partial charge in [0, 0.05) is 30.9 Å². The number of halogens is 1. The van der Waals surface area contributed by atoms with Crippen molar-refractivity contribution in [3.05, 3.63) is 29.0 Å². The van der Waals surface area contributed by atoms with E-state index in [9.17, 15) is 4.79 Å². The van der Waals surface area contributed by atoms with Gasteiger partial charge in [-0.2, -0.15) is 5.10 Å². The van der Waals surface area contributed by atoms with Gasteiger partial charge in [-0.25, -0.2) is 4.98 Å². The molecule has 0 spiro atoms. The van der Waals surface area contributed by atoms with E-state index >= 15 is 0 Å². The molecule has 7 heteroatoms. The van der Waals surface area contributed by atoms with E-state index in [1.807, 2.05) is 13.8 Å². The fourth-order valence-corrected chi connectivity index (χ4v) is 2.21. The molecule has 2 rings (SSSR count). The SMILES string of the molecule is CCOCCCC(=O)Nc1ccc(-c2n[nH]c(C)n2)c(Cl)c1. The Balaban J connectivity index is 1.96. The third kappa shape index (κ3) is 4.54. The molecule has 0 aliphatic heterocycles. The van der Waals surface area contributed by atoms with Crippen LogP contribution in [0.2, 0.25) is 5.02 Å². The minimum absolute atomic E-state index is 0.0581. The van der Waals surface area contributed by atoms with Crippen LogP contribution in [0.3, 0.4) is 0 Å². The lowest BCUT2D eigenvalue weighted by Crippen LogP contribution is -2.12. The number of ether oxygens (including phenoxy) is 1. The number of carbonyl (C=O) groups excluding carboxylic acids is 1. The molecule has 0 saturated carbocycles. The second-order valence-corrected chi connectivity index (χ2v) is 5.19. The Morgan fingerprint density at radius 3 is 2.91 bits per heavy atom. The summed E-state index contributed by atoms with van der Waals surface area (Å²) in [6.07, 6.45) is 1.11.